The highest BCUT2D eigenvalue weighted by Crippen LogP contribution is 2.19. The van der Waals surface area contributed by atoms with E-state index in [4.69, 9.17) is 30.5 Å². The fourth-order valence-electron chi connectivity index (χ4n) is 0. The molecule has 0 rings (SSSR count). The molecule has 6 nitrogen and oxygen atoms in total. The van der Waals surface area contributed by atoms with Gasteiger partial charge in [-0.25, -0.2) is 0 Å². The summed E-state index contributed by atoms with van der Waals surface area (Å²) in [5.74, 6) is 0. The largest absolute Gasteiger partial charge is 0.432 e. The first-order chi connectivity index (χ1) is 7.91. The van der Waals surface area contributed by atoms with Crippen LogP contribution in [0, 0.1) is 0 Å². The van der Waals surface area contributed by atoms with Gasteiger partial charge in [0, 0.05) is 0 Å². The second-order valence-corrected chi connectivity index (χ2v) is 6.38. The van der Waals surface area contributed by atoms with Crippen molar-refractivity contribution in [2.45, 2.75) is 77.8 Å². The van der Waals surface area contributed by atoms with E-state index < -0.39 is 30.1 Å². The summed E-state index contributed by atoms with van der Waals surface area (Å²) in [5, 5.41) is 50.7. The van der Waals surface area contributed by atoms with Crippen LogP contribution in [0.5, 0.6) is 0 Å². The zero-order chi connectivity index (χ0) is 16.7. The summed E-state index contributed by atoms with van der Waals surface area (Å²) < 4.78 is 0. The van der Waals surface area contributed by atoms with Crippen LogP contribution in [0.4, 0.5) is 0 Å². The fourth-order valence-corrected chi connectivity index (χ4v) is 0. The van der Waals surface area contributed by atoms with E-state index in [-0.39, 0.29) is 0 Å². The van der Waals surface area contributed by atoms with Gasteiger partial charge >= 0.3 is 7.69 Å². The maximum atomic E-state index is 9.10. The van der Waals surface area contributed by atoms with E-state index in [1.807, 2.05) is 0 Å². The predicted molar refractivity (Wildman–Crippen MR) is 76.8 cm³/mol. The molecule has 0 aromatic heterocycles. The van der Waals surface area contributed by atoms with Crippen LogP contribution in [-0.4, -0.2) is 60.6 Å². The van der Waals surface area contributed by atoms with E-state index in [0.29, 0.717) is 0 Å². The Balaban J connectivity index is -0.000000224. The highest BCUT2D eigenvalue weighted by atomic mass is 16.4. The molecule has 0 aliphatic carbocycles. The van der Waals surface area contributed by atoms with Crippen molar-refractivity contribution in [1.29, 1.82) is 0 Å². The van der Waals surface area contributed by atoms with Crippen LogP contribution in [0.1, 0.15) is 55.4 Å². The zero-order valence-corrected chi connectivity index (χ0v) is 13.4. The Bertz CT molecular complexity index is 168. The summed E-state index contributed by atoms with van der Waals surface area (Å²) in [6.45, 7) is 12.6. The Morgan fingerprint density at radius 2 is 0.526 bits per heavy atom. The van der Waals surface area contributed by atoms with Crippen LogP contribution in [0.3, 0.4) is 0 Å². The summed E-state index contributed by atoms with van der Waals surface area (Å²) in [7, 11) is -0.750. The highest BCUT2D eigenvalue weighted by molar-refractivity contribution is 6.13. The van der Waals surface area contributed by atoms with E-state index >= 15 is 0 Å². The molecule has 0 atom stereocenters. The lowest BCUT2D eigenvalue weighted by molar-refractivity contribution is -0.107. The van der Waals surface area contributed by atoms with Crippen molar-refractivity contribution < 1.29 is 30.5 Å². The SMILES string of the molecule is CC(C)(O)C(C)(C)O.CC(C)(O)C(C)(C)O.OBO. The lowest BCUT2D eigenvalue weighted by Gasteiger charge is -2.31. The summed E-state index contributed by atoms with van der Waals surface area (Å²) in [6, 6.07) is 0. The highest BCUT2D eigenvalue weighted by Gasteiger charge is 2.32. The van der Waals surface area contributed by atoms with Crippen LogP contribution in [-0.2, 0) is 0 Å². The number of hydrogen-bond acceptors (Lipinski definition) is 6. The molecular weight excluding hydrogens is 251 g/mol. The molecule has 0 spiro atoms. The molecule has 0 aromatic rings. The molecule has 0 aliphatic heterocycles. The molecule has 0 saturated heterocycles. The van der Waals surface area contributed by atoms with Crippen LogP contribution in [0.25, 0.3) is 0 Å². The van der Waals surface area contributed by atoms with Gasteiger partial charge in [-0.1, -0.05) is 0 Å². The topological polar surface area (TPSA) is 121 Å². The first-order valence-electron chi connectivity index (χ1n) is 6.03. The van der Waals surface area contributed by atoms with Gasteiger partial charge in [-0.15, -0.1) is 0 Å². The zero-order valence-electron chi connectivity index (χ0n) is 13.4. The lowest BCUT2D eigenvalue weighted by Crippen LogP contribution is -2.44. The Morgan fingerprint density at radius 1 is 0.474 bits per heavy atom. The van der Waals surface area contributed by atoms with Gasteiger partial charge in [0.15, 0.2) is 0 Å². The molecular formula is C12H31BO6. The van der Waals surface area contributed by atoms with Crippen molar-refractivity contribution >= 4 is 7.69 Å². The quantitative estimate of drug-likeness (QED) is 0.372. The smallest absolute Gasteiger partial charge is 0.430 e. The molecule has 0 radical (unpaired) electrons. The monoisotopic (exact) mass is 282 g/mol. The summed E-state index contributed by atoms with van der Waals surface area (Å²) >= 11 is 0. The van der Waals surface area contributed by atoms with E-state index in [1.54, 1.807) is 55.4 Å². The normalized spacial score (nSPS) is 12.7. The Labute approximate surface area is 117 Å². The molecule has 6 N–H and O–H groups in total. The van der Waals surface area contributed by atoms with Crippen molar-refractivity contribution in [2.75, 3.05) is 0 Å². The van der Waals surface area contributed by atoms with Gasteiger partial charge in [0.25, 0.3) is 0 Å². The lowest BCUT2D eigenvalue weighted by atomic mass is 9.90. The molecule has 0 bridgehead atoms. The van der Waals surface area contributed by atoms with Gasteiger partial charge in [-0.2, -0.15) is 0 Å². The minimum atomic E-state index is -1.01. The molecule has 0 aromatic carbocycles. The Morgan fingerprint density at radius 3 is 0.526 bits per heavy atom. The summed E-state index contributed by atoms with van der Waals surface area (Å²) in [4.78, 5) is 0. The molecule has 0 amide bonds. The third kappa shape index (κ3) is 14.0. The van der Waals surface area contributed by atoms with Crippen LogP contribution >= 0.6 is 0 Å². The maximum absolute atomic E-state index is 9.10. The molecule has 0 unspecified atom stereocenters. The van der Waals surface area contributed by atoms with Crippen molar-refractivity contribution in [3.05, 3.63) is 0 Å². The Hall–Kier alpha value is -0.175. The predicted octanol–water partition coefficient (Wildman–Crippen LogP) is -0.706. The van der Waals surface area contributed by atoms with Gasteiger partial charge in [-0.3, -0.25) is 0 Å². The minimum Gasteiger partial charge on any atom is -0.430 e. The van der Waals surface area contributed by atoms with Crippen molar-refractivity contribution in [2.24, 2.45) is 0 Å². The van der Waals surface area contributed by atoms with Gasteiger partial charge in [-0.05, 0) is 55.4 Å². The summed E-state index contributed by atoms with van der Waals surface area (Å²) in [6.07, 6.45) is 0. The number of aliphatic hydroxyl groups is 4. The molecule has 0 aliphatic rings. The minimum absolute atomic E-state index is 0.750. The van der Waals surface area contributed by atoms with Crippen LogP contribution in [0.2, 0.25) is 0 Å². The van der Waals surface area contributed by atoms with E-state index in [9.17, 15) is 0 Å². The molecule has 7 heteroatoms. The van der Waals surface area contributed by atoms with Crippen molar-refractivity contribution in [1.82, 2.24) is 0 Å². The van der Waals surface area contributed by atoms with E-state index in [1.165, 1.54) is 0 Å². The second kappa shape index (κ2) is 8.19. The van der Waals surface area contributed by atoms with Gasteiger partial charge in [0.1, 0.15) is 0 Å². The number of hydrogen-bond donors (Lipinski definition) is 6. The molecule has 118 valence electrons. The second-order valence-electron chi connectivity index (χ2n) is 6.38. The number of rotatable bonds is 2. The van der Waals surface area contributed by atoms with Gasteiger partial charge in [0.2, 0.25) is 0 Å². The average Bonchev–Trinajstić information content (AvgIpc) is 1.97. The van der Waals surface area contributed by atoms with Crippen molar-refractivity contribution in [3.8, 4) is 0 Å². The third-order valence-corrected chi connectivity index (χ3v) is 2.99. The van der Waals surface area contributed by atoms with Gasteiger partial charge in [0.05, 0.1) is 22.4 Å². The molecule has 0 saturated carbocycles. The molecule has 0 fully saturated rings. The summed E-state index contributed by atoms with van der Waals surface area (Å²) in [5.41, 5.74) is -4.03. The van der Waals surface area contributed by atoms with Gasteiger partial charge < -0.3 is 30.5 Å². The fraction of sp³-hybridized carbons (Fsp3) is 1.00. The molecule has 19 heavy (non-hydrogen) atoms. The first kappa shape index (κ1) is 23.9. The average molecular weight is 282 g/mol. The van der Waals surface area contributed by atoms with Crippen LogP contribution in [0.15, 0.2) is 0 Å². The molecule has 0 heterocycles. The van der Waals surface area contributed by atoms with E-state index in [0.717, 1.165) is 0 Å². The Kier molecular flexibility index (Phi) is 10.3. The van der Waals surface area contributed by atoms with Crippen molar-refractivity contribution in [3.63, 3.8) is 0 Å². The van der Waals surface area contributed by atoms with Crippen LogP contribution < -0.4 is 0 Å². The third-order valence-electron chi connectivity index (χ3n) is 2.99. The standard InChI is InChI=1S/2C6H14O2.BH3O2/c2*1-5(2,7)6(3,4)8;2-1-3/h2*7-8H,1-4H3;1-3H. The van der Waals surface area contributed by atoms with E-state index in [2.05, 4.69) is 0 Å². The maximum Gasteiger partial charge on any atom is 0.432 e. The first-order valence-corrected chi connectivity index (χ1v) is 6.03.